The molecule has 1 fully saturated rings. The summed E-state index contributed by atoms with van der Waals surface area (Å²) in [6, 6.07) is 0. The van der Waals surface area contributed by atoms with E-state index in [4.69, 9.17) is 0 Å². The van der Waals surface area contributed by atoms with Gasteiger partial charge in [0.05, 0.1) is 18.3 Å². The van der Waals surface area contributed by atoms with Crippen LogP contribution in [0.2, 0.25) is 0 Å². The SMILES string of the molecule is O=C1C/C(=C\F)C(=O)O1. The first-order valence-corrected chi connectivity index (χ1v) is 2.28. The van der Waals surface area contributed by atoms with E-state index in [9.17, 15) is 14.0 Å². The van der Waals surface area contributed by atoms with Crippen molar-refractivity contribution in [2.45, 2.75) is 6.42 Å². The van der Waals surface area contributed by atoms with E-state index in [1.54, 1.807) is 0 Å². The van der Waals surface area contributed by atoms with E-state index in [1.807, 2.05) is 0 Å². The molecular weight excluding hydrogens is 127 g/mol. The van der Waals surface area contributed by atoms with E-state index in [0.717, 1.165) is 0 Å². The summed E-state index contributed by atoms with van der Waals surface area (Å²) in [4.78, 5) is 20.4. The Labute approximate surface area is 50.1 Å². The molecule has 0 bridgehead atoms. The van der Waals surface area contributed by atoms with Crippen molar-refractivity contribution in [1.29, 1.82) is 0 Å². The van der Waals surface area contributed by atoms with Gasteiger partial charge < -0.3 is 4.74 Å². The summed E-state index contributed by atoms with van der Waals surface area (Å²) in [7, 11) is 0. The molecule has 0 aromatic rings. The van der Waals surface area contributed by atoms with Crippen molar-refractivity contribution in [3.8, 4) is 0 Å². The van der Waals surface area contributed by atoms with E-state index in [-0.39, 0.29) is 18.3 Å². The summed E-state index contributed by atoms with van der Waals surface area (Å²) in [6.07, 6.45) is -0.150. The fraction of sp³-hybridized carbons (Fsp3) is 0.200. The molecule has 0 N–H and O–H groups in total. The standard InChI is InChI=1S/C5H3FO3/c6-2-3-1-4(7)9-5(3)8/h2H,1H2/b3-2+. The van der Waals surface area contributed by atoms with E-state index in [1.165, 1.54) is 0 Å². The molecule has 0 atom stereocenters. The van der Waals surface area contributed by atoms with E-state index in [0.29, 0.717) is 0 Å². The predicted octanol–water partition coefficient (Wildman–Crippen LogP) is 0.313. The van der Waals surface area contributed by atoms with Gasteiger partial charge in [-0.2, -0.15) is 0 Å². The average molecular weight is 130 g/mol. The molecule has 3 nitrogen and oxygen atoms in total. The molecule has 1 heterocycles. The first-order valence-electron chi connectivity index (χ1n) is 2.28. The molecule has 1 saturated heterocycles. The van der Waals surface area contributed by atoms with E-state index in [2.05, 4.69) is 4.74 Å². The molecule has 0 amide bonds. The van der Waals surface area contributed by atoms with Crippen LogP contribution in [0.3, 0.4) is 0 Å². The highest BCUT2D eigenvalue weighted by Crippen LogP contribution is 2.13. The predicted molar refractivity (Wildman–Crippen MR) is 24.9 cm³/mol. The molecule has 0 saturated carbocycles. The van der Waals surface area contributed by atoms with Crippen molar-refractivity contribution in [1.82, 2.24) is 0 Å². The minimum atomic E-state index is -0.873. The number of cyclic esters (lactones) is 2. The Kier molecular flexibility index (Phi) is 1.30. The van der Waals surface area contributed by atoms with Crippen LogP contribution >= 0.6 is 0 Å². The maximum atomic E-state index is 11.5. The van der Waals surface area contributed by atoms with Crippen molar-refractivity contribution in [3.63, 3.8) is 0 Å². The third-order valence-electron chi connectivity index (χ3n) is 0.935. The first kappa shape index (κ1) is 5.94. The van der Waals surface area contributed by atoms with Crippen LogP contribution in [-0.2, 0) is 14.3 Å². The van der Waals surface area contributed by atoms with Gasteiger partial charge in [-0.25, -0.2) is 9.18 Å². The van der Waals surface area contributed by atoms with E-state index < -0.39 is 11.9 Å². The lowest BCUT2D eigenvalue weighted by atomic mass is 10.3. The van der Waals surface area contributed by atoms with Crippen LogP contribution in [0.5, 0.6) is 0 Å². The molecule has 0 spiro atoms. The number of carbonyl (C=O) groups is 2. The first-order chi connectivity index (χ1) is 4.24. The van der Waals surface area contributed by atoms with Crippen molar-refractivity contribution in [2.24, 2.45) is 0 Å². The number of esters is 2. The van der Waals surface area contributed by atoms with Crippen LogP contribution in [0, 0.1) is 0 Å². The highest BCUT2D eigenvalue weighted by atomic mass is 19.1. The molecule has 9 heavy (non-hydrogen) atoms. The normalized spacial score (nSPS) is 23.0. The molecule has 0 aromatic carbocycles. The summed E-state index contributed by atoms with van der Waals surface area (Å²) < 4.78 is 15.5. The number of halogens is 1. The Bertz CT molecular complexity index is 194. The highest BCUT2D eigenvalue weighted by molar-refractivity contribution is 6.05. The van der Waals surface area contributed by atoms with Crippen LogP contribution in [-0.4, -0.2) is 11.9 Å². The zero-order valence-electron chi connectivity index (χ0n) is 4.39. The maximum Gasteiger partial charge on any atom is 0.344 e. The number of ether oxygens (including phenoxy) is 1. The number of hydrogen-bond acceptors (Lipinski definition) is 3. The van der Waals surface area contributed by atoms with Gasteiger partial charge in [-0.1, -0.05) is 0 Å². The van der Waals surface area contributed by atoms with Crippen LogP contribution in [0.15, 0.2) is 11.9 Å². The Hall–Kier alpha value is -1.19. The summed E-state index contributed by atoms with van der Waals surface area (Å²) >= 11 is 0. The zero-order chi connectivity index (χ0) is 6.85. The zero-order valence-corrected chi connectivity index (χ0v) is 4.39. The van der Waals surface area contributed by atoms with Crippen LogP contribution in [0.4, 0.5) is 4.39 Å². The molecule has 1 aliphatic rings. The largest absolute Gasteiger partial charge is 0.389 e. The molecule has 1 rings (SSSR count). The van der Waals surface area contributed by atoms with Crippen molar-refractivity contribution >= 4 is 11.9 Å². The smallest absolute Gasteiger partial charge is 0.344 e. The quantitative estimate of drug-likeness (QED) is 0.269. The maximum absolute atomic E-state index is 11.5. The van der Waals surface area contributed by atoms with Gasteiger partial charge >= 0.3 is 11.9 Å². The van der Waals surface area contributed by atoms with Gasteiger partial charge in [-0.15, -0.1) is 0 Å². The Morgan fingerprint density at radius 1 is 1.56 bits per heavy atom. The summed E-state index contributed by atoms with van der Waals surface area (Å²) in [5.41, 5.74) is -0.208. The van der Waals surface area contributed by atoms with Gasteiger partial charge in [0.2, 0.25) is 0 Å². The van der Waals surface area contributed by atoms with Crippen LogP contribution in [0.25, 0.3) is 0 Å². The van der Waals surface area contributed by atoms with Crippen LogP contribution in [0.1, 0.15) is 6.42 Å². The molecule has 0 aromatic heterocycles. The summed E-state index contributed by atoms with van der Waals surface area (Å²) in [5.74, 6) is -1.56. The topological polar surface area (TPSA) is 43.4 Å². The second kappa shape index (κ2) is 1.97. The summed E-state index contributed by atoms with van der Waals surface area (Å²) in [5, 5.41) is 0. The Balaban J connectivity index is 2.81. The van der Waals surface area contributed by atoms with Gasteiger partial charge in [0.25, 0.3) is 0 Å². The van der Waals surface area contributed by atoms with Gasteiger partial charge in [0.15, 0.2) is 0 Å². The number of carbonyl (C=O) groups excluding carboxylic acids is 2. The highest BCUT2D eigenvalue weighted by Gasteiger charge is 2.26. The monoisotopic (exact) mass is 130 g/mol. The van der Waals surface area contributed by atoms with Gasteiger partial charge in [-0.05, 0) is 0 Å². The molecule has 0 unspecified atom stereocenters. The van der Waals surface area contributed by atoms with Crippen molar-refractivity contribution in [2.75, 3.05) is 0 Å². The average Bonchev–Trinajstić information content (AvgIpc) is 2.10. The number of rotatable bonds is 0. The minimum absolute atomic E-state index is 0.0905. The molecule has 48 valence electrons. The minimum Gasteiger partial charge on any atom is -0.389 e. The Morgan fingerprint density at radius 2 is 2.22 bits per heavy atom. The fourth-order valence-corrected chi connectivity index (χ4v) is 0.516. The molecular formula is C5H3FO3. The second-order valence-corrected chi connectivity index (χ2v) is 1.57. The molecule has 0 radical (unpaired) electrons. The lowest BCUT2D eigenvalue weighted by Gasteiger charge is -1.81. The van der Waals surface area contributed by atoms with Gasteiger partial charge in [-0.3, -0.25) is 4.79 Å². The third kappa shape index (κ3) is 0.960. The van der Waals surface area contributed by atoms with Crippen molar-refractivity contribution in [3.05, 3.63) is 11.9 Å². The van der Waals surface area contributed by atoms with Gasteiger partial charge in [0.1, 0.15) is 0 Å². The lowest BCUT2D eigenvalue weighted by molar-refractivity contribution is -0.151. The van der Waals surface area contributed by atoms with Crippen LogP contribution < -0.4 is 0 Å². The molecule has 1 aliphatic heterocycles. The van der Waals surface area contributed by atoms with Crippen molar-refractivity contribution < 1.29 is 18.7 Å². The lowest BCUT2D eigenvalue weighted by Crippen LogP contribution is -1.96. The fourth-order valence-electron chi connectivity index (χ4n) is 0.516. The molecule has 4 heteroatoms. The van der Waals surface area contributed by atoms with E-state index >= 15 is 0 Å². The third-order valence-corrected chi connectivity index (χ3v) is 0.935. The summed E-state index contributed by atoms with van der Waals surface area (Å²) in [6.45, 7) is 0. The Morgan fingerprint density at radius 3 is 2.44 bits per heavy atom. The second-order valence-electron chi connectivity index (χ2n) is 1.57. The molecule has 0 aliphatic carbocycles. The van der Waals surface area contributed by atoms with Gasteiger partial charge in [0, 0.05) is 0 Å². The number of hydrogen-bond donors (Lipinski definition) is 0.